The van der Waals surface area contributed by atoms with Crippen molar-refractivity contribution in [3.63, 3.8) is 0 Å². The van der Waals surface area contributed by atoms with Gasteiger partial charge in [-0.05, 0) is 63.3 Å². The topological polar surface area (TPSA) is 137 Å². The van der Waals surface area contributed by atoms with Crippen molar-refractivity contribution in [2.75, 3.05) is 44.7 Å². The number of ether oxygens (including phenoxy) is 1. The lowest BCUT2D eigenvalue weighted by molar-refractivity contribution is -0.140. The van der Waals surface area contributed by atoms with Crippen molar-refractivity contribution < 1.29 is 28.6 Å². The highest BCUT2D eigenvalue weighted by Gasteiger charge is 2.30. The van der Waals surface area contributed by atoms with Gasteiger partial charge in [-0.25, -0.2) is 9.79 Å². The molecule has 0 aliphatic carbocycles. The Labute approximate surface area is 209 Å². The van der Waals surface area contributed by atoms with E-state index in [-0.39, 0.29) is 37.5 Å². The van der Waals surface area contributed by atoms with Crippen LogP contribution in [0.15, 0.2) is 33.7 Å². The quantitative estimate of drug-likeness (QED) is 0.409. The van der Waals surface area contributed by atoms with E-state index in [1.807, 2.05) is 19.1 Å². The van der Waals surface area contributed by atoms with Crippen LogP contribution in [0.25, 0.3) is 11.0 Å². The molecule has 1 unspecified atom stereocenters. The van der Waals surface area contributed by atoms with E-state index in [0.717, 1.165) is 55.5 Å². The van der Waals surface area contributed by atoms with Gasteiger partial charge in [0.05, 0.1) is 13.2 Å². The lowest BCUT2D eigenvalue weighted by atomic mass is 10.1. The smallest absolute Gasteiger partial charge is 0.414 e. The van der Waals surface area contributed by atoms with E-state index >= 15 is 0 Å². The summed E-state index contributed by atoms with van der Waals surface area (Å²) in [6, 6.07) is 6.55. The number of alkyl carbamates (subject to hydrolysis) is 1. The Morgan fingerprint density at radius 2 is 1.94 bits per heavy atom. The number of hydrogen-bond donors (Lipinski definition) is 3. The second-order valence-electron chi connectivity index (χ2n) is 9.06. The van der Waals surface area contributed by atoms with E-state index in [2.05, 4.69) is 15.6 Å². The normalized spacial score (nSPS) is 18.9. The van der Waals surface area contributed by atoms with Crippen LogP contribution in [0.3, 0.4) is 0 Å². The summed E-state index contributed by atoms with van der Waals surface area (Å²) in [5.41, 5.74) is 1.36. The van der Waals surface area contributed by atoms with Crippen LogP contribution in [0, 0.1) is 6.92 Å². The van der Waals surface area contributed by atoms with Crippen molar-refractivity contribution in [2.24, 2.45) is 4.99 Å². The average molecular weight is 500 g/mol. The zero-order valence-corrected chi connectivity index (χ0v) is 20.5. The van der Waals surface area contributed by atoms with Gasteiger partial charge in [0.25, 0.3) is 0 Å². The Kier molecular flexibility index (Phi) is 8.42. The number of guanidine groups is 1. The number of aryl methyl sites for hydroxylation is 1. The van der Waals surface area contributed by atoms with E-state index in [1.54, 1.807) is 21.9 Å². The van der Waals surface area contributed by atoms with Gasteiger partial charge in [-0.1, -0.05) is 0 Å². The van der Waals surface area contributed by atoms with Crippen molar-refractivity contribution in [2.45, 2.75) is 45.1 Å². The molecule has 1 aromatic heterocycles. The predicted molar refractivity (Wildman–Crippen MR) is 134 cm³/mol. The van der Waals surface area contributed by atoms with Crippen LogP contribution in [0.1, 0.15) is 37.9 Å². The molecule has 11 nitrogen and oxygen atoms in total. The Morgan fingerprint density at radius 1 is 1.17 bits per heavy atom. The van der Waals surface area contributed by atoms with Gasteiger partial charge in [0, 0.05) is 30.7 Å². The molecule has 0 saturated carbocycles. The first-order valence-corrected chi connectivity index (χ1v) is 12.4. The molecule has 3 heterocycles. The van der Waals surface area contributed by atoms with Crippen molar-refractivity contribution in [3.8, 4) is 0 Å². The summed E-state index contributed by atoms with van der Waals surface area (Å²) in [6.07, 6.45) is 3.20. The molecule has 2 fully saturated rings. The van der Waals surface area contributed by atoms with Crippen molar-refractivity contribution in [1.29, 1.82) is 0 Å². The number of likely N-dealkylation sites (tertiary alicyclic amines) is 2. The highest BCUT2D eigenvalue weighted by atomic mass is 16.6. The number of nitrogens with zero attached hydrogens (tertiary/aromatic N) is 3. The van der Waals surface area contributed by atoms with E-state index in [4.69, 9.17) is 14.3 Å². The molecule has 3 N–H and O–H groups in total. The van der Waals surface area contributed by atoms with Gasteiger partial charge in [-0.15, -0.1) is 0 Å². The molecule has 0 spiro atoms. The molecule has 194 valence electrons. The molecule has 0 radical (unpaired) electrons. The minimum Gasteiger partial charge on any atom is -0.461 e. The number of carbonyl (C=O) groups excluding carboxylic acids is 3. The molecule has 36 heavy (non-hydrogen) atoms. The monoisotopic (exact) mass is 499 g/mol. The third kappa shape index (κ3) is 6.54. The summed E-state index contributed by atoms with van der Waals surface area (Å²) in [5.74, 6) is 0.530. The second-order valence-corrected chi connectivity index (χ2v) is 9.06. The number of nitrogens with one attached hydrogen (secondary N) is 2. The molecule has 3 amide bonds. The molecule has 2 aromatic rings. The number of aliphatic hydroxyl groups excluding tert-OH is 1. The summed E-state index contributed by atoms with van der Waals surface area (Å²) in [7, 11) is 0. The van der Waals surface area contributed by atoms with Gasteiger partial charge in [0.2, 0.25) is 17.8 Å². The van der Waals surface area contributed by atoms with E-state index < -0.39 is 12.1 Å². The van der Waals surface area contributed by atoms with Crippen LogP contribution in [-0.2, 0) is 14.3 Å². The Bertz CT molecular complexity index is 1120. The molecule has 2 saturated heterocycles. The van der Waals surface area contributed by atoms with Crippen LogP contribution in [0.5, 0.6) is 0 Å². The summed E-state index contributed by atoms with van der Waals surface area (Å²) in [4.78, 5) is 46.2. The Balaban J connectivity index is 1.53. The first-order chi connectivity index (χ1) is 17.4. The molecule has 4 rings (SSSR count). The maximum atomic E-state index is 13.4. The van der Waals surface area contributed by atoms with Crippen molar-refractivity contribution in [3.05, 3.63) is 30.0 Å². The number of rotatable bonds is 6. The number of fused-ring (bicyclic) bond motifs is 1. The van der Waals surface area contributed by atoms with Gasteiger partial charge >= 0.3 is 6.09 Å². The minimum atomic E-state index is -0.808. The fraction of sp³-hybridized carbons (Fsp3) is 0.520. The summed E-state index contributed by atoms with van der Waals surface area (Å²) in [5, 5.41) is 15.4. The zero-order valence-electron chi connectivity index (χ0n) is 20.5. The number of hydrogen-bond acceptors (Lipinski definition) is 7. The van der Waals surface area contributed by atoms with E-state index in [0.29, 0.717) is 18.7 Å². The average Bonchev–Trinajstić information content (AvgIpc) is 3.48. The maximum Gasteiger partial charge on any atom is 0.414 e. The summed E-state index contributed by atoms with van der Waals surface area (Å²) < 4.78 is 10.5. The van der Waals surface area contributed by atoms with E-state index in [1.165, 1.54) is 0 Å². The fourth-order valence-corrected chi connectivity index (χ4v) is 4.50. The molecule has 1 atom stereocenters. The number of furan rings is 1. The molecule has 0 bridgehead atoms. The molecule has 2 aliphatic rings. The molecular formula is C25H33N5O6. The predicted octanol–water partition coefficient (Wildman–Crippen LogP) is 2.23. The number of carbonyl (C=O) groups is 3. The van der Waals surface area contributed by atoms with Gasteiger partial charge in [0.1, 0.15) is 24.0 Å². The van der Waals surface area contributed by atoms with Crippen LogP contribution in [0.2, 0.25) is 0 Å². The first kappa shape index (κ1) is 25.5. The van der Waals surface area contributed by atoms with Crippen LogP contribution in [0.4, 0.5) is 10.5 Å². The largest absolute Gasteiger partial charge is 0.461 e. The lowest BCUT2D eigenvalue weighted by Crippen LogP contribution is -2.45. The molecule has 1 aromatic carbocycles. The molecule has 11 heteroatoms. The summed E-state index contributed by atoms with van der Waals surface area (Å²) in [6.45, 7) is 3.37. The van der Waals surface area contributed by atoms with Crippen molar-refractivity contribution in [1.82, 2.24) is 15.1 Å². The zero-order chi connectivity index (χ0) is 25.5. The van der Waals surface area contributed by atoms with Crippen LogP contribution >= 0.6 is 0 Å². The number of amides is 3. The number of anilines is 1. The number of aliphatic imine (C=N–C) groups is 1. The third-order valence-corrected chi connectivity index (χ3v) is 6.27. The third-order valence-electron chi connectivity index (χ3n) is 6.27. The van der Waals surface area contributed by atoms with Gasteiger partial charge in [0.15, 0.2) is 0 Å². The highest BCUT2D eigenvalue weighted by Crippen LogP contribution is 2.23. The summed E-state index contributed by atoms with van der Waals surface area (Å²) >= 11 is 0. The Morgan fingerprint density at radius 3 is 2.72 bits per heavy atom. The second kappa shape index (κ2) is 11.9. The van der Waals surface area contributed by atoms with E-state index in [9.17, 15) is 14.4 Å². The lowest BCUT2D eigenvalue weighted by Gasteiger charge is -2.25. The first-order valence-electron chi connectivity index (χ1n) is 12.4. The van der Waals surface area contributed by atoms with Gasteiger partial charge < -0.3 is 29.4 Å². The van der Waals surface area contributed by atoms with Crippen molar-refractivity contribution >= 4 is 40.5 Å². The highest BCUT2D eigenvalue weighted by molar-refractivity contribution is 6.04. The maximum absolute atomic E-state index is 13.4. The van der Waals surface area contributed by atoms with Gasteiger partial charge in [-0.3, -0.25) is 14.9 Å². The molecule has 2 aliphatic heterocycles. The standard InChI is InChI=1S/C25H33N5O6/c1-17-14-18-15-19(7-8-21(18)36-17)26-24(28-25(34)35-13-12-31)27-20-6-2-3-11-30(23(20)33)16-22(32)29-9-4-5-10-29/h7-8,14-15,20,31H,2-6,9-13,16H2,1H3,(H2,26,27,28,34). The Hall–Kier alpha value is -3.60. The van der Waals surface area contributed by atoms with Crippen LogP contribution < -0.4 is 10.6 Å². The minimum absolute atomic E-state index is 0.0378. The van der Waals surface area contributed by atoms with Gasteiger partial charge in [-0.2, -0.15) is 0 Å². The van der Waals surface area contributed by atoms with Crippen LogP contribution in [-0.4, -0.2) is 84.2 Å². The SMILES string of the molecule is Cc1cc2cc(NC(=NC3CCCCN(CC(=O)N4CCCC4)C3=O)NC(=O)OCCO)ccc2o1. The molecular weight excluding hydrogens is 466 g/mol. The number of benzene rings is 1. The number of aliphatic hydroxyl groups is 1. The fourth-order valence-electron chi connectivity index (χ4n) is 4.50.